The Bertz CT molecular complexity index is 701. The number of carboxylic acids is 1. The fourth-order valence-electron chi connectivity index (χ4n) is 1.53. The Balaban J connectivity index is 2.68. The average molecular weight is 319 g/mol. The van der Waals surface area contributed by atoms with Crippen molar-refractivity contribution >= 4 is 40.8 Å². The normalized spacial score (nSPS) is 10.5. The zero-order valence-corrected chi connectivity index (χ0v) is 11.5. The molecule has 0 aliphatic heterocycles. The highest BCUT2D eigenvalue weighted by Gasteiger charge is 2.12. The number of pyridine rings is 1. The van der Waals surface area contributed by atoms with Crippen LogP contribution in [0.3, 0.4) is 0 Å². The lowest BCUT2D eigenvalue weighted by atomic mass is 10.1. The highest BCUT2D eigenvalue weighted by Crippen LogP contribution is 2.34. The number of rotatable bonds is 2. The van der Waals surface area contributed by atoms with Crippen LogP contribution in [0, 0.1) is 0 Å². The van der Waals surface area contributed by atoms with Crippen LogP contribution in [0.25, 0.3) is 11.1 Å². The van der Waals surface area contributed by atoms with Gasteiger partial charge in [0.05, 0.1) is 20.6 Å². The zero-order chi connectivity index (χ0) is 14.2. The van der Waals surface area contributed by atoms with Gasteiger partial charge in [-0.05, 0) is 23.8 Å². The van der Waals surface area contributed by atoms with E-state index in [2.05, 4.69) is 4.98 Å². The molecular formula is C12H6Cl3NO3. The standard InChI is InChI=1S/C12H6Cl3NO3/c13-8-2-5(3-9(14)10(8)15)7-1-6(12(18)19)4-16-11(7)17/h1-4H,(H,16,17)(H,18,19). The number of carboxylic acid groups (broad SMARTS) is 1. The van der Waals surface area contributed by atoms with Gasteiger partial charge in [0.25, 0.3) is 5.56 Å². The van der Waals surface area contributed by atoms with Gasteiger partial charge in [-0.15, -0.1) is 0 Å². The van der Waals surface area contributed by atoms with Crippen LogP contribution in [0.5, 0.6) is 0 Å². The minimum atomic E-state index is -1.15. The van der Waals surface area contributed by atoms with E-state index in [0.717, 1.165) is 6.20 Å². The lowest BCUT2D eigenvalue weighted by Crippen LogP contribution is -2.11. The van der Waals surface area contributed by atoms with E-state index in [1.54, 1.807) is 0 Å². The van der Waals surface area contributed by atoms with Gasteiger partial charge >= 0.3 is 5.97 Å². The maximum absolute atomic E-state index is 11.7. The highest BCUT2D eigenvalue weighted by molar-refractivity contribution is 6.48. The third kappa shape index (κ3) is 2.76. The predicted octanol–water partition coefficient (Wildman–Crippen LogP) is 3.70. The molecule has 0 radical (unpaired) electrons. The van der Waals surface area contributed by atoms with Crippen molar-refractivity contribution in [2.75, 3.05) is 0 Å². The molecule has 0 aliphatic rings. The van der Waals surface area contributed by atoms with Crippen molar-refractivity contribution in [3.8, 4) is 11.1 Å². The number of hydrogen-bond donors (Lipinski definition) is 2. The Kier molecular flexibility index (Phi) is 3.85. The summed E-state index contributed by atoms with van der Waals surface area (Å²) in [5, 5.41) is 9.45. The largest absolute Gasteiger partial charge is 0.478 e. The lowest BCUT2D eigenvalue weighted by Gasteiger charge is -2.05. The zero-order valence-electron chi connectivity index (χ0n) is 9.21. The van der Waals surface area contributed by atoms with Crippen molar-refractivity contribution in [1.82, 2.24) is 4.98 Å². The average Bonchev–Trinajstić information content (AvgIpc) is 2.35. The van der Waals surface area contributed by atoms with Crippen LogP contribution in [0.4, 0.5) is 0 Å². The molecule has 1 heterocycles. The molecule has 98 valence electrons. The first-order valence-electron chi connectivity index (χ1n) is 5.01. The van der Waals surface area contributed by atoms with Crippen LogP contribution in [0.1, 0.15) is 10.4 Å². The van der Waals surface area contributed by atoms with E-state index in [1.165, 1.54) is 18.2 Å². The SMILES string of the molecule is O=C(O)c1c[nH]c(=O)c(-c2cc(Cl)c(Cl)c(Cl)c2)c1. The van der Waals surface area contributed by atoms with Gasteiger partial charge in [-0.25, -0.2) is 4.79 Å². The minimum Gasteiger partial charge on any atom is -0.478 e. The number of halogens is 3. The van der Waals surface area contributed by atoms with Crippen molar-refractivity contribution in [2.24, 2.45) is 0 Å². The van der Waals surface area contributed by atoms with Gasteiger partial charge in [-0.1, -0.05) is 34.8 Å². The Morgan fingerprint density at radius 1 is 1.11 bits per heavy atom. The Morgan fingerprint density at radius 2 is 1.68 bits per heavy atom. The molecule has 0 amide bonds. The summed E-state index contributed by atoms with van der Waals surface area (Å²) in [6.07, 6.45) is 1.12. The smallest absolute Gasteiger partial charge is 0.337 e. The molecule has 2 N–H and O–H groups in total. The summed E-state index contributed by atoms with van der Waals surface area (Å²) in [5.41, 5.74) is 0.0559. The number of aromatic nitrogens is 1. The molecule has 1 aromatic carbocycles. The summed E-state index contributed by atoms with van der Waals surface area (Å²) in [6.45, 7) is 0. The second-order valence-corrected chi connectivity index (χ2v) is 4.88. The van der Waals surface area contributed by atoms with E-state index in [0.29, 0.717) is 5.56 Å². The molecule has 0 fully saturated rings. The van der Waals surface area contributed by atoms with Gasteiger partial charge in [0.15, 0.2) is 0 Å². The number of carbonyl (C=O) groups is 1. The molecule has 1 aromatic heterocycles. The van der Waals surface area contributed by atoms with Crippen LogP contribution >= 0.6 is 34.8 Å². The number of nitrogens with one attached hydrogen (secondary N) is 1. The van der Waals surface area contributed by atoms with Gasteiger partial charge in [-0.2, -0.15) is 0 Å². The fourth-order valence-corrected chi connectivity index (χ4v) is 2.13. The van der Waals surface area contributed by atoms with Gasteiger partial charge in [0, 0.05) is 11.8 Å². The Labute approximate surface area is 122 Å². The molecule has 7 heteroatoms. The summed E-state index contributed by atoms with van der Waals surface area (Å²) in [7, 11) is 0. The quantitative estimate of drug-likeness (QED) is 0.829. The molecule has 2 aromatic rings. The first-order chi connectivity index (χ1) is 8.90. The summed E-state index contributed by atoms with van der Waals surface area (Å²) >= 11 is 17.6. The second-order valence-electron chi connectivity index (χ2n) is 3.69. The molecule has 0 spiro atoms. The predicted molar refractivity (Wildman–Crippen MR) is 74.5 cm³/mol. The highest BCUT2D eigenvalue weighted by atomic mass is 35.5. The molecule has 0 saturated carbocycles. The summed E-state index contributed by atoms with van der Waals surface area (Å²) in [5.74, 6) is -1.15. The summed E-state index contributed by atoms with van der Waals surface area (Å²) in [4.78, 5) is 25.0. The molecular weight excluding hydrogens is 312 g/mol. The summed E-state index contributed by atoms with van der Waals surface area (Å²) in [6, 6.07) is 4.15. The number of H-pyrrole nitrogens is 1. The fraction of sp³-hybridized carbons (Fsp3) is 0. The third-order valence-electron chi connectivity index (χ3n) is 2.45. The molecule has 2 rings (SSSR count). The first kappa shape index (κ1) is 13.9. The summed E-state index contributed by atoms with van der Waals surface area (Å²) < 4.78 is 0. The van der Waals surface area contributed by atoms with Crippen molar-refractivity contribution in [1.29, 1.82) is 0 Å². The number of benzene rings is 1. The second kappa shape index (κ2) is 5.25. The van der Waals surface area contributed by atoms with Crippen molar-refractivity contribution < 1.29 is 9.90 Å². The van der Waals surface area contributed by atoms with Crippen molar-refractivity contribution in [3.63, 3.8) is 0 Å². The lowest BCUT2D eigenvalue weighted by molar-refractivity contribution is 0.0696. The maximum atomic E-state index is 11.7. The van der Waals surface area contributed by atoms with Gasteiger partial charge in [0.2, 0.25) is 0 Å². The Morgan fingerprint density at radius 3 is 2.21 bits per heavy atom. The van der Waals surface area contributed by atoms with E-state index in [9.17, 15) is 9.59 Å². The van der Waals surface area contributed by atoms with Crippen LogP contribution < -0.4 is 5.56 Å². The molecule has 0 atom stereocenters. The van der Waals surface area contributed by atoms with Gasteiger partial charge in [-0.3, -0.25) is 4.79 Å². The number of aromatic amines is 1. The molecule has 19 heavy (non-hydrogen) atoms. The molecule has 0 unspecified atom stereocenters. The molecule has 0 saturated heterocycles. The van der Waals surface area contributed by atoms with Crippen LogP contribution in [-0.2, 0) is 0 Å². The Hall–Kier alpha value is -1.49. The number of aromatic carboxylic acids is 1. The van der Waals surface area contributed by atoms with Crippen LogP contribution in [-0.4, -0.2) is 16.1 Å². The van der Waals surface area contributed by atoms with E-state index >= 15 is 0 Å². The minimum absolute atomic E-state index is 0.0446. The van der Waals surface area contributed by atoms with Crippen LogP contribution in [0.15, 0.2) is 29.2 Å². The topological polar surface area (TPSA) is 70.2 Å². The molecule has 4 nitrogen and oxygen atoms in total. The number of hydrogen-bond acceptors (Lipinski definition) is 2. The third-order valence-corrected chi connectivity index (χ3v) is 3.64. The van der Waals surface area contributed by atoms with E-state index < -0.39 is 11.5 Å². The van der Waals surface area contributed by atoms with E-state index in [-0.39, 0.29) is 26.2 Å². The van der Waals surface area contributed by atoms with Crippen molar-refractivity contribution in [3.05, 3.63) is 55.4 Å². The van der Waals surface area contributed by atoms with Gasteiger partial charge < -0.3 is 10.1 Å². The monoisotopic (exact) mass is 317 g/mol. The first-order valence-corrected chi connectivity index (χ1v) is 6.14. The van der Waals surface area contributed by atoms with E-state index in [1.807, 2.05) is 0 Å². The van der Waals surface area contributed by atoms with Gasteiger partial charge in [0.1, 0.15) is 0 Å². The molecule has 0 aliphatic carbocycles. The van der Waals surface area contributed by atoms with Crippen molar-refractivity contribution in [2.45, 2.75) is 0 Å². The molecule has 0 bridgehead atoms. The van der Waals surface area contributed by atoms with E-state index in [4.69, 9.17) is 39.9 Å². The maximum Gasteiger partial charge on any atom is 0.337 e. The van der Waals surface area contributed by atoms with Crippen LogP contribution in [0.2, 0.25) is 15.1 Å².